The summed E-state index contributed by atoms with van der Waals surface area (Å²) in [5, 5.41) is 12.3. The second-order valence-electron chi connectivity index (χ2n) is 6.62. The van der Waals surface area contributed by atoms with Gasteiger partial charge in [0.05, 0.1) is 5.41 Å². The second-order valence-corrected chi connectivity index (χ2v) is 6.62. The molecule has 4 nitrogen and oxygen atoms in total. The molecule has 104 valence electrons. The average molecular weight is 255 g/mol. The number of aliphatic carboxylic acids is 1. The molecule has 1 fully saturated rings. The van der Waals surface area contributed by atoms with Crippen LogP contribution in [0.1, 0.15) is 59.8 Å². The van der Waals surface area contributed by atoms with Crippen LogP contribution in [-0.2, 0) is 9.59 Å². The van der Waals surface area contributed by atoms with Gasteiger partial charge in [-0.05, 0) is 25.2 Å². The fourth-order valence-corrected chi connectivity index (χ4v) is 2.33. The van der Waals surface area contributed by atoms with E-state index in [1.807, 2.05) is 6.92 Å². The van der Waals surface area contributed by atoms with Crippen LogP contribution in [0.2, 0.25) is 0 Å². The first-order chi connectivity index (χ1) is 8.17. The molecule has 0 aromatic carbocycles. The van der Waals surface area contributed by atoms with E-state index in [0.29, 0.717) is 12.8 Å². The lowest BCUT2D eigenvalue weighted by molar-refractivity contribution is -0.151. The van der Waals surface area contributed by atoms with Crippen LogP contribution < -0.4 is 5.32 Å². The van der Waals surface area contributed by atoms with Gasteiger partial charge in [-0.1, -0.05) is 33.6 Å². The van der Waals surface area contributed by atoms with Crippen molar-refractivity contribution in [3.63, 3.8) is 0 Å². The zero-order valence-electron chi connectivity index (χ0n) is 11.9. The van der Waals surface area contributed by atoms with Gasteiger partial charge in [-0.3, -0.25) is 9.59 Å². The van der Waals surface area contributed by atoms with Gasteiger partial charge < -0.3 is 10.4 Å². The van der Waals surface area contributed by atoms with Gasteiger partial charge in [0.15, 0.2) is 0 Å². The Labute approximate surface area is 109 Å². The number of carbonyl (C=O) groups excluding carboxylic acids is 1. The molecule has 1 rings (SSSR count). The van der Waals surface area contributed by atoms with Gasteiger partial charge in [-0.2, -0.15) is 0 Å². The molecule has 0 aromatic heterocycles. The molecular formula is C14H25NO3. The molecule has 1 aliphatic carbocycles. The molecule has 0 saturated heterocycles. The van der Waals surface area contributed by atoms with Crippen LogP contribution in [0.25, 0.3) is 0 Å². The van der Waals surface area contributed by atoms with Crippen molar-refractivity contribution in [1.82, 2.24) is 5.32 Å². The maximum absolute atomic E-state index is 12.0. The van der Waals surface area contributed by atoms with Crippen LogP contribution in [-0.4, -0.2) is 23.0 Å². The van der Waals surface area contributed by atoms with Crippen molar-refractivity contribution in [3.8, 4) is 0 Å². The highest BCUT2D eigenvalue weighted by Crippen LogP contribution is 2.41. The van der Waals surface area contributed by atoms with Crippen LogP contribution >= 0.6 is 0 Å². The van der Waals surface area contributed by atoms with E-state index in [0.717, 1.165) is 12.8 Å². The highest BCUT2D eigenvalue weighted by atomic mass is 16.4. The molecule has 1 aliphatic rings. The third kappa shape index (κ3) is 3.47. The maximum atomic E-state index is 12.0. The molecule has 1 unspecified atom stereocenters. The number of carboxylic acids is 1. The summed E-state index contributed by atoms with van der Waals surface area (Å²) < 4.78 is 0. The van der Waals surface area contributed by atoms with E-state index >= 15 is 0 Å². The lowest BCUT2D eigenvalue weighted by Crippen LogP contribution is -2.44. The van der Waals surface area contributed by atoms with Gasteiger partial charge in [0.1, 0.15) is 0 Å². The highest BCUT2D eigenvalue weighted by Gasteiger charge is 2.43. The number of amides is 1. The number of carbonyl (C=O) groups is 2. The van der Waals surface area contributed by atoms with Crippen LogP contribution in [0.5, 0.6) is 0 Å². The Morgan fingerprint density at radius 1 is 1.28 bits per heavy atom. The van der Waals surface area contributed by atoms with Gasteiger partial charge >= 0.3 is 5.97 Å². The van der Waals surface area contributed by atoms with Crippen molar-refractivity contribution in [2.75, 3.05) is 0 Å². The Kier molecular flexibility index (Phi) is 4.41. The molecule has 0 bridgehead atoms. The van der Waals surface area contributed by atoms with Gasteiger partial charge in [-0.15, -0.1) is 0 Å². The van der Waals surface area contributed by atoms with Gasteiger partial charge in [0.25, 0.3) is 0 Å². The lowest BCUT2D eigenvalue weighted by atomic mass is 9.82. The Morgan fingerprint density at radius 3 is 2.17 bits per heavy atom. The first kappa shape index (κ1) is 15.0. The SMILES string of the molecule is CC(NC(=O)CC1(C(=O)O)CCCC1)C(C)(C)C. The quantitative estimate of drug-likeness (QED) is 0.811. The van der Waals surface area contributed by atoms with Crippen molar-refractivity contribution in [1.29, 1.82) is 0 Å². The average Bonchev–Trinajstić information content (AvgIpc) is 2.65. The predicted octanol–water partition coefficient (Wildman–Crippen LogP) is 2.57. The number of hydrogen-bond donors (Lipinski definition) is 2. The van der Waals surface area contributed by atoms with Crippen molar-refractivity contribution in [2.45, 2.75) is 65.8 Å². The molecule has 0 heterocycles. The van der Waals surface area contributed by atoms with E-state index in [4.69, 9.17) is 0 Å². The van der Waals surface area contributed by atoms with Crippen LogP contribution in [0, 0.1) is 10.8 Å². The minimum absolute atomic E-state index is 0.0122. The molecule has 18 heavy (non-hydrogen) atoms. The molecule has 2 N–H and O–H groups in total. The predicted molar refractivity (Wildman–Crippen MR) is 70.2 cm³/mol. The fourth-order valence-electron chi connectivity index (χ4n) is 2.33. The fraction of sp³-hybridized carbons (Fsp3) is 0.857. The molecule has 4 heteroatoms. The van der Waals surface area contributed by atoms with Crippen LogP contribution in [0.4, 0.5) is 0 Å². The third-order valence-corrected chi connectivity index (χ3v) is 4.19. The molecular weight excluding hydrogens is 230 g/mol. The monoisotopic (exact) mass is 255 g/mol. The molecule has 1 saturated carbocycles. The first-order valence-electron chi connectivity index (χ1n) is 6.70. The first-order valence-corrected chi connectivity index (χ1v) is 6.70. The number of nitrogens with one attached hydrogen (secondary N) is 1. The highest BCUT2D eigenvalue weighted by molar-refractivity contribution is 5.85. The zero-order chi connectivity index (χ0) is 14.0. The number of rotatable bonds is 4. The second kappa shape index (κ2) is 5.29. The van der Waals surface area contributed by atoms with E-state index < -0.39 is 11.4 Å². The molecule has 0 spiro atoms. The summed E-state index contributed by atoms with van der Waals surface area (Å²) >= 11 is 0. The normalized spacial score (nSPS) is 20.4. The molecule has 0 aromatic rings. The van der Waals surface area contributed by atoms with E-state index in [1.54, 1.807) is 0 Å². The smallest absolute Gasteiger partial charge is 0.310 e. The standard InChI is InChI=1S/C14H25NO3/c1-10(13(2,3)4)15-11(16)9-14(12(17)18)7-5-6-8-14/h10H,5-9H2,1-4H3,(H,15,16)(H,17,18). The van der Waals surface area contributed by atoms with Gasteiger partial charge in [0, 0.05) is 12.5 Å². The molecule has 0 radical (unpaired) electrons. The van der Waals surface area contributed by atoms with Gasteiger partial charge in [-0.25, -0.2) is 0 Å². The minimum Gasteiger partial charge on any atom is -0.481 e. The van der Waals surface area contributed by atoms with Crippen molar-refractivity contribution in [2.24, 2.45) is 10.8 Å². The molecule has 1 atom stereocenters. The van der Waals surface area contributed by atoms with E-state index in [-0.39, 0.29) is 23.8 Å². The van der Waals surface area contributed by atoms with E-state index in [9.17, 15) is 14.7 Å². The van der Waals surface area contributed by atoms with Crippen molar-refractivity contribution in [3.05, 3.63) is 0 Å². The summed E-state index contributed by atoms with van der Waals surface area (Å²) in [5.41, 5.74) is -0.830. The lowest BCUT2D eigenvalue weighted by Gasteiger charge is -2.30. The van der Waals surface area contributed by atoms with Crippen molar-refractivity contribution < 1.29 is 14.7 Å². The summed E-state index contributed by atoms with van der Waals surface area (Å²) in [6.07, 6.45) is 3.19. The number of carboxylic acid groups (broad SMARTS) is 1. The van der Waals surface area contributed by atoms with Crippen molar-refractivity contribution >= 4 is 11.9 Å². The largest absolute Gasteiger partial charge is 0.481 e. The minimum atomic E-state index is -0.821. The van der Waals surface area contributed by atoms with Gasteiger partial charge in [0.2, 0.25) is 5.91 Å². The summed E-state index contributed by atoms with van der Waals surface area (Å²) in [6, 6.07) is 0.0391. The van der Waals surface area contributed by atoms with Crippen LogP contribution in [0.15, 0.2) is 0 Å². The third-order valence-electron chi connectivity index (χ3n) is 4.19. The Balaban J connectivity index is 2.61. The molecule has 0 aliphatic heterocycles. The van der Waals surface area contributed by atoms with Crippen LogP contribution in [0.3, 0.4) is 0 Å². The zero-order valence-corrected chi connectivity index (χ0v) is 11.9. The molecule has 1 amide bonds. The summed E-state index contributed by atoms with van der Waals surface area (Å²) in [6.45, 7) is 8.13. The Morgan fingerprint density at radius 2 is 1.78 bits per heavy atom. The topological polar surface area (TPSA) is 66.4 Å². The van der Waals surface area contributed by atoms with E-state index in [2.05, 4.69) is 26.1 Å². The summed E-state index contributed by atoms with van der Waals surface area (Å²) in [5.74, 6) is -0.958. The Hall–Kier alpha value is -1.06. The summed E-state index contributed by atoms with van der Waals surface area (Å²) in [7, 11) is 0. The van der Waals surface area contributed by atoms with E-state index in [1.165, 1.54) is 0 Å². The maximum Gasteiger partial charge on any atom is 0.310 e. The summed E-state index contributed by atoms with van der Waals surface area (Å²) in [4.78, 5) is 23.4. The number of hydrogen-bond acceptors (Lipinski definition) is 2. The Bertz CT molecular complexity index is 324.